The van der Waals surface area contributed by atoms with Crippen LogP contribution in [0.25, 0.3) is 0 Å². The van der Waals surface area contributed by atoms with Gasteiger partial charge in [0.1, 0.15) is 11.5 Å². The summed E-state index contributed by atoms with van der Waals surface area (Å²) >= 11 is 0. The predicted octanol–water partition coefficient (Wildman–Crippen LogP) is 5.90. The summed E-state index contributed by atoms with van der Waals surface area (Å²) in [5.74, 6) is 2.98. The highest BCUT2D eigenvalue weighted by atomic mass is 16.5. The van der Waals surface area contributed by atoms with E-state index >= 15 is 0 Å². The first-order valence-corrected chi connectivity index (χ1v) is 9.02. The van der Waals surface area contributed by atoms with Gasteiger partial charge in [-0.15, -0.1) is 0 Å². The molecule has 0 aromatic heterocycles. The zero-order chi connectivity index (χ0) is 16.8. The molecule has 0 bridgehead atoms. The quantitative estimate of drug-likeness (QED) is 0.461. The van der Waals surface area contributed by atoms with E-state index in [9.17, 15) is 0 Å². The van der Waals surface area contributed by atoms with Crippen LogP contribution in [0.4, 0.5) is 0 Å². The van der Waals surface area contributed by atoms with Crippen molar-refractivity contribution < 1.29 is 9.47 Å². The molecule has 1 aliphatic carbocycles. The van der Waals surface area contributed by atoms with Crippen LogP contribution in [0.2, 0.25) is 0 Å². The van der Waals surface area contributed by atoms with E-state index in [2.05, 4.69) is 39.0 Å². The van der Waals surface area contributed by atoms with Crippen LogP contribution in [0.15, 0.2) is 23.8 Å². The number of methoxy groups -OCH3 is 2. The summed E-state index contributed by atoms with van der Waals surface area (Å²) < 4.78 is 11.5. The molecule has 1 aromatic carbocycles. The molecule has 0 spiro atoms. The molecule has 2 rings (SSSR count). The number of hydrogen-bond donors (Lipinski definition) is 0. The lowest BCUT2D eigenvalue weighted by Crippen LogP contribution is -2.15. The van der Waals surface area contributed by atoms with Gasteiger partial charge in [-0.1, -0.05) is 38.3 Å². The molecule has 23 heavy (non-hydrogen) atoms. The van der Waals surface area contributed by atoms with Gasteiger partial charge >= 0.3 is 0 Å². The van der Waals surface area contributed by atoms with Crippen molar-refractivity contribution in [3.05, 3.63) is 34.9 Å². The molecule has 0 amide bonds. The number of hydrogen-bond acceptors (Lipinski definition) is 2. The van der Waals surface area contributed by atoms with Gasteiger partial charge in [-0.2, -0.15) is 0 Å². The lowest BCUT2D eigenvalue weighted by Gasteiger charge is -2.29. The van der Waals surface area contributed by atoms with E-state index in [4.69, 9.17) is 9.47 Å². The Hall–Kier alpha value is -1.44. The maximum absolute atomic E-state index is 5.76. The van der Waals surface area contributed by atoms with Gasteiger partial charge in [0.2, 0.25) is 0 Å². The summed E-state index contributed by atoms with van der Waals surface area (Å²) in [7, 11) is 3.55. The Labute approximate surface area is 141 Å². The fraction of sp³-hybridized carbons (Fsp3) is 0.619. The Bertz CT molecular complexity index is 520. The fourth-order valence-electron chi connectivity index (χ4n) is 3.60. The summed E-state index contributed by atoms with van der Waals surface area (Å²) in [6, 6.07) is 4.44. The molecule has 1 aliphatic rings. The van der Waals surface area contributed by atoms with Crippen molar-refractivity contribution in [1.29, 1.82) is 0 Å². The molecule has 2 atom stereocenters. The number of unbranched alkanes of at least 4 members (excludes halogenated alkanes) is 2. The van der Waals surface area contributed by atoms with E-state index in [1.165, 1.54) is 48.8 Å². The Balaban J connectivity index is 2.39. The molecule has 0 aliphatic heterocycles. The van der Waals surface area contributed by atoms with Crippen molar-refractivity contribution in [1.82, 2.24) is 0 Å². The number of benzene rings is 1. The van der Waals surface area contributed by atoms with E-state index in [1.54, 1.807) is 14.2 Å². The van der Waals surface area contributed by atoms with Crippen molar-refractivity contribution in [3.8, 4) is 11.5 Å². The van der Waals surface area contributed by atoms with Crippen molar-refractivity contribution in [2.75, 3.05) is 14.2 Å². The van der Waals surface area contributed by atoms with Gasteiger partial charge in [0.15, 0.2) is 0 Å². The van der Waals surface area contributed by atoms with Crippen LogP contribution in [0, 0.1) is 5.92 Å². The van der Waals surface area contributed by atoms with E-state index in [1.807, 2.05) is 0 Å². The SMILES string of the molecule is CCCCCc1cc(OC)c([C@@H]2C=C(C)CC[C@H]2C)c(OC)c1. The Morgan fingerprint density at radius 2 is 1.74 bits per heavy atom. The maximum Gasteiger partial charge on any atom is 0.126 e. The van der Waals surface area contributed by atoms with Crippen LogP contribution < -0.4 is 9.47 Å². The monoisotopic (exact) mass is 316 g/mol. The lowest BCUT2D eigenvalue weighted by atomic mass is 9.77. The van der Waals surface area contributed by atoms with Gasteiger partial charge < -0.3 is 9.47 Å². The van der Waals surface area contributed by atoms with E-state index in [-0.39, 0.29) is 0 Å². The summed E-state index contributed by atoms with van der Waals surface area (Å²) in [6.45, 7) is 6.81. The first-order chi connectivity index (χ1) is 11.1. The molecule has 2 heteroatoms. The number of rotatable bonds is 7. The molecular formula is C21H32O2. The number of ether oxygens (including phenoxy) is 2. The predicted molar refractivity (Wildman–Crippen MR) is 97.7 cm³/mol. The molecule has 2 nitrogen and oxygen atoms in total. The van der Waals surface area contributed by atoms with Gasteiger partial charge in [-0.25, -0.2) is 0 Å². The van der Waals surface area contributed by atoms with Gasteiger partial charge in [-0.05, 0) is 56.2 Å². The van der Waals surface area contributed by atoms with Gasteiger partial charge in [0, 0.05) is 11.5 Å². The minimum Gasteiger partial charge on any atom is -0.496 e. The normalized spacial score (nSPS) is 21.0. The zero-order valence-electron chi connectivity index (χ0n) is 15.4. The second-order valence-electron chi connectivity index (χ2n) is 6.93. The first-order valence-electron chi connectivity index (χ1n) is 9.02. The second-order valence-corrected chi connectivity index (χ2v) is 6.93. The van der Waals surface area contributed by atoms with Gasteiger partial charge in [0.05, 0.1) is 14.2 Å². The molecule has 0 saturated carbocycles. The molecule has 0 unspecified atom stereocenters. The fourth-order valence-corrected chi connectivity index (χ4v) is 3.60. The van der Waals surface area contributed by atoms with E-state index in [0.717, 1.165) is 17.9 Å². The largest absolute Gasteiger partial charge is 0.496 e. The van der Waals surface area contributed by atoms with Crippen LogP contribution in [-0.2, 0) is 6.42 Å². The molecule has 1 aromatic rings. The smallest absolute Gasteiger partial charge is 0.126 e. The highest BCUT2D eigenvalue weighted by Crippen LogP contribution is 2.45. The lowest BCUT2D eigenvalue weighted by molar-refractivity contribution is 0.364. The summed E-state index contributed by atoms with van der Waals surface area (Å²) in [5, 5.41) is 0. The summed E-state index contributed by atoms with van der Waals surface area (Å²) in [4.78, 5) is 0. The summed E-state index contributed by atoms with van der Waals surface area (Å²) in [5.41, 5.74) is 4.02. The Morgan fingerprint density at radius 1 is 1.09 bits per heavy atom. The highest BCUT2D eigenvalue weighted by molar-refractivity contribution is 5.52. The molecule has 0 saturated heterocycles. The molecule has 0 radical (unpaired) electrons. The van der Waals surface area contributed by atoms with Crippen LogP contribution in [0.1, 0.15) is 69.9 Å². The highest BCUT2D eigenvalue weighted by Gasteiger charge is 2.27. The third-order valence-corrected chi connectivity index (χ3v) is 5.08. The maximum atomic E-state index is 5.76. The van der Waals surface area contributed by atoms with Crippen molar-refractivity contribution >= 4 is 0 Å². The van der Waals surface area contributed by atoms with Crippen LogP contribution >= 0.6 is 0 Å². The average Bonchev–Trinajstić information content (AvgIpc) is 2.56. The molecule has 128 valence electrons. The van der Waals surface area contributed by atoms with Gasteiger partial charge in [0.25, 0.3) is 0 Å². The van der Waals surface area contributed by atoms with Gasteiger partial charge in [-0.3, -0.25) is 0 Å². The minimum absolute atomic E-state index is 0.387. The average molecular weight is 316 g/mol. The van der Waals surface area contributed by atoms with E-state index in [0.29, 0.717) is 11.8 Å². The number of allylic oxidation sites excluding steroid dienone is 2. The van der Waals surface area contributed by atoms with Crippen molar-refractivity contribution in [2.24, 2.45) is 5.92 Å². The third kappa shape index (κ3) is 4.31. The first kappa shape index (κ1) is 17.9. The summed E-state index contributed by atoms with van der Waals surface area (Å²) in [6.07, 6.45) is 9.68. The minimum atomic E-state index is 0.387. The van der Waals surface area contributed by atoms with Crippen LogP contribution in [-0.4, -0.2) is 14.2 Å². The molecular weight excluding hydrogens is 284 g/mol. The Kier molecular flexibility index (Phi) is 6.56. The molecule has 0 fully saturated rings. The zero-order valence-corrected chi connectivity index (χ0v) is 15.4. The second kappa shape index (κ2) is 8.42. The van der Waals surface area contributed by atoms with Crippen molar-refractivity contribution in [3.63, 3.8) is 0 Å². The van der Waals surface area contributed by atoms with Crippen molar-refractivity contribution in [2.45, 2.75) is 65.2 Å². The Morgan fingerprint density at radius 3 is 2.30 bits per heavy atom. The standard InChI is InChI=1S/C21H32O2/c1-6-7-8-9-17-13-19(22-4)21(20(14-17)23-5)18-12-15(2)10-11-16(18)3/h12-14,16,18H,6-11H2,1-5H3/t16-,18-/m1/s1. The molecule has 0 heterocycles. The van der Waals surface area contributed by atoms with Crippen LogP contribution in [0.3, 0.4) is 0 Å². The third-order valence-electron chi connectivity index (χ3n) is 5.08. The number of aryl methyl sites for hydroxylation is 1. The molecule has 0 N–H and O–H groups in total. The van der Waals surface area contributed by atoms with Crippen LogP contribution in [0.5, 0.6) is 11.5 Å². The topological polar surface area (TPSA) is 18.5 Å². The van der Waals surface area contributed by atoms with E-state index < -0.39 is 0 Å².